The summed E-state index contributed by atoms with van der Waals surface area (Å²) < 4.78 is 13.4. The zero-order valence-electron chi connectivity index (χ0n) is 15.1. The Balaban J connectivity index is 1.74. The van der Waals surface area contributed by atoms with Gasteiger partial charge in [-0.05, 0) is 48.0 Å². The number of para-hydroxylation sites is 1. The molecule has 1 N–H and O–H groups in total. The molecule has 2 heterocycles. The van der Waals surface area contributed by atoms with Gasteiger partial charge in [-0.2, -0.15) is 0 Å². The summed E-state index contributed by atoms with van der Waals surface area (Å²) in [7, 11) is 0. The van der Waals surface area contributed by atoms with Crippen LogP contribution in [0.3, 0.4) is 0 Å². The molecule has 0 amide bonds. The fourth-order valence-electron chi connectivity index (χ4n) is 3.52. The van der Waals surface area contributed by atoms with Crippen LogP contribution >= 0.6 is 0 Å². The number of nitrogens with zero attached hydrogens (tertiary/aromatic N) is 1. The molecule has 0 bridgehead atoms. The van der Waals surface area contributed by atoms with Gasteiger partial charge in [0.05, 0.1) is 11.4 Å². The SMILES string of the molecule is Fc1ccc(-c2cc(-c3c[nH]c4ccccc34)cc(-c3ccccc3)n2)cc1. The van der Waals surface area contributed by atoms with Crippen LogP contribution in [0.15, 0.2) is 97.2 Å². The Morgan fingerprint density at radius 3 is 2.04 bits per heavy atom. The third-order valence-electron chi connectivity index (χ3n) is 4.94. The maximum atomic E-state index is 13.4. The Labute approximate surface area is 162 Å². The van der Waals surface area contributed by atoms with Crippen molar-refractivity contribution in [3.63, 3.8) is 0 Å². The Morgan fingerprint density at radius 2 is 1.29 bits per heavy atom. The van der Waals surface area contributed by atoms with Crippen LogP contribution in [-0.2, 0) is 0 Å². The van der Waals surface area contributed by atoms with E-state index < -0.39 is 0 Å². The lowest BCUT2D eigenvalue weighted by Gasteiger charge is -2.10. The number of benzene rings is 3. The molecule has 28 heavy (non-hydrogen) atoms. The van der Waals surface area contributed by atoms with E-state index in [0.29, 0.717) is 0 Å². The summed E-state index contributed by atoms with van der Waals surface area (Å²) in [5.41, 5.74) is 6.94. The number of H-pyrrole nitrogens is 1. The van der Waals surface area contributed by atoms with Gasteiger partial charge in [0.15, 0.2) is 0 Å². The standard InChI is InChI=1S/C25H17FN2/c26-20-12-10-18(11-13-20)25-15-19(14-24(28-25)17-6-2-1-3-7-17)22-16-27-23-9-5-4-8-21(22)23/h1-16,27H. The van der Waals surface area contributed by atoms with Gasteiger partial charge in [-0.25, -0.2) is 9.37 Å². The minimum absolute atomic E-state index is 0.250. The first-order chi connectivity index (χ1) is 13.8. The van der Waals surface area contributed by atoms with Crippen LogP contribution in [0.5, 0.6) is 0 Å². The number of hydrogen-bond donors (Lipinski definition) is 1. The Kier molecular flexibility index (Phi) is 3.99. The van der Waals surface area contributed by atoms with Crippen molar-refractivity contribution in [3.8, 4) is 33.6 Å². The molecule has 2 nitrogen and oxygen atoms in total. The monoisotopic (exact) mass is 364 g/mol. The van der Waals surface area contributed by atoms with Crippen LogP contribution in [0.4, 0.5) is 4.39 Å². The second-order valence-electron chi connectivity index (χ2n) is 6.75. The minimum atomic E-state index is -0.250. The van der Waals surface area contributed by atoms with Crippen LogP contribution in [-0.4, -0.2) is 9.97 Å². The molecule has 0 spiro atoms. The molecule has 0 saturated carbocycles. The number of hydrogen-bond acceptors (Lipinski definition) is 1. The summed E-state index contributed by atoms with van der Waals surface area (Å²) in [4.78, 5) is 8.20. The summed E-state index contributed by atoms with van der Waals surface area (Å²) in [6.07, 6.45) is 2.03. The molecule has 0 atom stereocenters. The number of halogens is 1. The van der Waals surface area contributed by atoms with E-state index in [1.807, 2.05) is 36.5 Å². The molecule has 0 saturated heterocycles. The third kappa shape index (κ3) is 2.97. The van der Waals surface area contributed by atoms with Crippen LogP contribution in [0.25, 0.3) is 44.5 Å². The predicted molar refractivity (Wildman–Crippen MR) is 112 cm³/mol. The van der Waals surface area contributed by atoms with Gasteiger partial charge in [-0.1, -0.05) is 48.5 Å². The molecule has 5 rings (SSSR count). The van der Waals surface area contributed by atoms with Gasteiger partial charge < -0.3 is 4.98 Å². The molecular formula is C25H17FN2. The molecule has 3 aromatic carbocycles. The summed E-state index contributed by atoms with van der Waals surface area (Å²) in [6.45, 7) is 0. The molecule has 0 radical (unpaired) electrons. The van der Waals surface area contributed by atoms with Gasteiger partial charge in [0.25, 0.3) is 0 Å². The van der Waals surface area contributed by atoms with Gasteiger partial charge >= 0.3 is 0 Å². The van der Waals surface area contributed by atoms with E-state index in [1.165, 1.54) is 12.1 Å². The lowest BCUT2D eigenvalue weighted by Crippen LogP contribution is -1.91. The molecule has 3 heteroatoms. The number of aromatic nitrogens is 2. The fraction of sp³-hybridized carbons (Fsp3) is 0. The molecular weight excluding hydrogens is 347 g/mol. The summed E-state index contributed by atoms with van der Waals surface area (Å²) in [5.74, 6) is -0.250. The maximum absolute atomic E-state index is 13.4. The lowest BCUT2D eigenvalue weighted by molar-refractivity contribution is 0.628. The zero-order chi connectivity index (χ0) is 18.9. The molecule has 0 aliphatic heterocycles. The molecule has 0 aliphatic rings. The predicted octanol–water partition coefficient (Wildman–Crippen LogP) is 6.70. The Hall–Kier alpha value is -3.72. The molecule has 0 unspecified atom stereocenters. The first kappa shape index (κ1) is 16.5. The van der Waals surface area contributed by atoms with Crippen LogP contribution in [0, 0.1) is 5.82 Å². The number of aromatic amines is 1. The highest BCUT2D eigenvalue weighted by Gasteiger charge is 2.12. The van der Waals surface area contributed by atoms with Crippen LogP contribution < -0.4 is 0 Å². The van der Waals surface area contributed by atoms with Crippen LogP contribution in [0.2, 0.25) is 0 Å². The van der Waals surface area contributed by atoms with Crippen molar-refractivity contribution in [1.29, 1.82) is 0 Å². The average molecular weight is 364 g/mol. The molecule has 0 aliphatic carbocycles. The number of nitrogens with one attached hydrogen (secondary N) is 1. The largest absolute Gasteiger partial charge is 0.361 e. The second kappa shape index (κ2) is 6.78. The van der Waals surface area contributed by atoms with E-state index in [0.717, 1.165) is 44.5 Å². The maximum Gasteiger partial charge on any atom is 0.123 e. The summed E-state index contributed by atoms with van der Waals surface area (Å²) in [6, 6.07) is 29.0. The van der Waals surface area contributed by atoms with Crippen molar-refractivity contribution < 1.29 is 4.39 Å². The minimum Gasteiger partial charge on any atom is -0.361 e. The van der Waals surface area contributed by atoms with Gasteiger partial charge in [0, 0.05) is 33.8 Å². The fourth-order valence-corrected chi connectivity index (χ4v) is 3.52. The van der Waals surface area contributed by atoms with E-state index >= 15 is 0 Å². The van der Waals surface area contributed by atoms with E-state index in [4.69, 9.17) is 4.98 Å². The first-order valence-electron chi connectivity index (χ1n) is 9.18. The van der Waals surface area contributed by atoms with Crippen molar-refractivity contribution in [2.75, 3.05) is 0 Å². The zero-order valence-corrected chi connectivity index (χ0v) is 15.1. The smallest absolute Gasteiger partial charge is 0.123 e. The molecule has 2 aromatic heterocycles. The Bertz CT molecular complexity index is 1250. The van der Waals surface area contributed by atoms with Crippen molar-refractivity contribution in [2.45, 2.75) is 0 Å². The number of pyridine rings is 1. The van der Waals surface area contributed by atoms with Gasteiger partial charge in [0.2, 0.25) is 0 Å². The lowest BCUT2D eigenvalue weighted by atomic mass is 9.99. The van der Waals surface area contributed by atoms with Gasteiger partial charge in [0.1, 0.15) is 5.82 Å². The van der Waals surface area contributed by atoms with E-state index in [9.17, 15) is 4.39 Å². The first-order valence-corrected chi connectivity index (χ1v) is 9.18. The molecule has 5 aromatic rings. The summed E-state index contributed by atoms with van der Waals surface area (Å²) in [5, 5.41) is 1.16. The van der Waals surface area contributed by atoms with Crippen molar-refractivity contribution in [1.82, 2.24) is 9.97 Å². The van der Waals surface area contributed by atoms with Gasteiger partial charge in [-0.3, -0.25) is 0 Å². The highest BCUT2D eigenvalue weighted by atomic mass is 19.1. The molecule has 0 fully saturated rings. The number of fused-ring (bicyclic) bond motifs is 1. The summed E-state index contributed by atoms with van der Waals surface area (Å²) >= 11 is 0. The highest BCUT2D eigenvalue weighted by molar-refractivity contribution is 5.96. The van der Waals surface area contributed by atoms with E-state index in [-0.39, 0.29) is 5.82 Å². The second-order valence-corrected chi connectivity index (χ2v) is 6.75. The van der Waals surface area contributed by atoms with Crippen molar-refractivity contribution in [3.05, 3.63) is 103 Å². The topological polar surface area (TPSA) is 28.7 Å². The Morgan fingerprint density at radius 1 is 0.643 bits per heavy atom. The van der Waals surface area contributed by atoms with Gasteiger partial charge in [-0.15, -0.1) is 0 Å². The highest BCUT2D eigenvalue weighted by Crippen LogP contribution is 2.34. The molecule has 134 valence electrons. The third-order valence-corrected chi connectivity index (χ3v) is 4.94. The van der Waals surface area contributed by atoms with Crippen LogP contribution in [0.1, 0.15) is 0 Å². The quantitative estimate of drug-likeness (QED) is 0.379. The average Bonchev–Trinajstić information content (AvgIpc) is 3.19. The van der Waals surface area contributed by atoms with E-state index in [1.54, 1.807) is 12.1 Å². The normalized spacial score (nSPS) is 11.0. The van der Waals surface area contributed by atoms with Crippen molar-refractivity contribution >= 4 is 10.9 Å². The van der Waals surface area contributed by atoms with Crippen molar-refractivity contribution in [2.24, 2.45) is 0 Å². The van der Waals surface area contributed by atoms with E-state index in [2.05, 4.69) is 41.4 Å². The number of rotatable bonds is 3.